The molecule has 0 amide bonds. The van der Waals surface area contributed by atoms with Gasteiger partial charge in [0.2, 0.25) is 0 Å². The van der Waals surface area contributed by atoms with Crippen LogP contribution in [0.25, 0.3) is 0 Å². The Bertz CT molecular complexity index is 574. The molecule has 0 spiro atoms. The zero-order valence-corrected chi connectivity index (χ0v) is 13.2. The highest BCUT2D eigenvalue weighted by molar-refractivity contribution is 7.91. The first-order valence-corrected chi connectivity index (χ1v) is 8.63. The maximum absolute atomic E-state index is 12.2. The standard InChI is InChI=1S/C15H22N2O3S/c1-12(2)15(7-9-18)17-8-10-21(19,20)14-5-3-13(11-16)4-6-14/h3-6,12,15,17-18H,7-10H2,1-2H3. The van der Waals surface area contributed by atoms with E-state index in [-0.39, 0.29) is 23.3 Å². The van der Waals surface area contributed by atoms with Gasteiger partial charge < -0.3 is 10.4 Å². The van der Waals surface area contributed by atoms with Crippen molar-refractivity contribution >= 4 is 9.84 Å². The van der Waals surface area contributed by atoms with Gasteiger partial charge in [0.05, 0.1) is 22.3 Å². The SMILES string of the molecule is CC(C)C(CCO)NCCS(=O)(=O)c1ccc(C#N)cc1. The Kier molecular flexibility index (Phi) is 6.82. The first-order chi connectivity index (χ1) is 9.90. The van der Waals surface area contributed by atoms with Crippen LogP contribution in [0.4, 0.5) is 0 Å². The van der Waals surface area contributed by atoms with Gasteiger partial charge in [-0.05, 0) is 36.6 Å². The van der Waals surface area contributed by atoms with Crippen molar-refractivity contribution in [3.05, 3.63) is 29.8 Å². The lowest BCUT2D eigenvalue weighted by atomic mass is 10.0. The third-order valence-corrected chi connectivity index (χ3v) is 5.10. The summed E-state index contributed by atoms with van der Waals surface area (Å²) >= 11 is 0. The van der Waals surface area contributed by atoms with Crippen molar-refractivity contribution in [3.63, 3.8) is 0 Å². The summed E-state index contributed by atoms with van der Waals surface area (Å²) in [5.74, 6) is 0.322. The fourth-order valence-corrected chi connectivity index (χ4v) is 3.22. The van der Waals surface area contributed by atoms with Crippen LogP contribution in [0.5, 0.6) is 0 Å². The molecule has 5 nitrogen and oxygen atoms in total. The number of nitrogens with zero attached hydrogens (tertiary/aromatic N) is 1. The number of hydrogen-bond donors (Lipinski definition) is 2. The number of benzene rings is 1. The summed E-state index contributed by atoms with van der Waals surface area (Å²) in [6.45, 7) is 4.48. The Morgan fingerprint density at radius 2 is 1.90 bits per heavy atom. The van der Waals surface area contributed by atoms with Crippen molar-refractivity contribution in [1.29, 1.82) is 5.26 Å². The van der Waals surface area contributed by atoms with Crippen LogP contribution < -0.4 is 5.32 Å². The van der Waals surface area contributed by atoms with Gasteiger partial charge in [-0.2, -0.15) is 5.26 Å². The van der Waals surface area contributed by atoms with Crippen LogP contribution >= 0.6 is 0 Å². The normalized spacial score (nSPS) is 13.1. The van der Waals surface area contributed by atoms with Crippen LogP contribution in [0.2, 0.25) is 0 Å². The summed E-state index contributed by atoms with van der Waals surface area (Å²) < 4.78 is 24.3. The van der Waals surface area contributed by atoms with Gasteiger partial charge in [0.25, 0.3) is 0 Å². The lowest BCUT2D eigenvalue weighted by Gasteiger charge is -2.21. The third-order valence-electron chi connectivity index (χ3n) is 3.36. The molecular formula is C15H22N2O3S. The number of nitrogens with one attached hydrogen (secondary N) is 1. The Balaban J connectivity index is 2.62. The average Bonchev–Trinajstić information content (AvgIpc) is 2.46. The smallest absolute Gasteiger partial charge is 0.179 e. The molecule has 1 aromatic carbocycles. The first-order valence-electron chi connectivity index (χ1n) is 6.98. The molecule has 1 aromatic rings. The van der Waals surface area contributed by atoms with Crippen molar-refractivity contribution in [1.82, 2.24) is 5.32 Å². The zero-order valence-electron chi connectivity index (χ0n) is 12.4. The number of sulfone groups is 1. The molecule has 6 heteroatoms. The molecule has 1 unspecified atom stereocenters. The van der Waals surface area contributed by atoms with Crippen LogP contribution in [0, 0.1) is 17.2 Å². The summed E-state index contributed by atoms with van der Waals surface area (Å²) in [7, 11) is -3.36. The number of hydrogen-bond acceptors (Lipinski definition) is 5. The summed E-state index contributed by atoms with van der Waals surface area (Å²) in [5, 5.41) is 20.9. The van der Waals surface area contributed by atoms with Crippen LogP contribution in [-0.4, -0.2) is 38.5 Å². The lowest BCUT2D eigenvalue weighted by Crippen LogP contribution is -2.37. The quantitative estimate of drug-likeness (QED) is 0.756. The molecule has 0 aromatic heterocycles. The highest BCUT2D eigenvalue weighted by Gasteiger charge is 2.17. The van der Waals surface area contributed by atoms with Crippen molar-refractivity contribution in [3.8, 4) is 6.07 Å². The molecule has 0 bridgehead atoms. The molecule has 1 rings (SSSR count). The molecule has 0 saturated carbocycles. The molecule has 21 heavy (non-hydrogen) atoms. The fraction of sp³-hybridized carbons (Fsp3) is 0.533. The summed E-state index contributed by atoms with van der Waals surface area (Å²) in [6, 6.07) is 7.99. The molecule has 0 aliphatic rings. The topological polar surface area (TPSA) is 90.2 Å². The highest BCUT2D eigenvalue weighted by atomic mass is 32.2. The van der Waals surface area contributed by atoms with Gasteiger partial charge >= 0.3 is 0 Å². The van der Waals surface area contributed by atoms with E-state index < -0.39 is 9.84 Å². The van der Waals surface area contributed by atoms with E-state index >= 15 is 0 Å². The second kappa shape index (κ2) is 8.13. The van der Waals surface area contributed by atoms with Crippen LogP contribution in [0.3, 0.4) is 0 Å². The first kappa shape index (κ1) is 17.6. The summed E-state index contributed by atoms with van der Waals surface area (Å²) in [5.41, 5.74) is 0.440. The number of rotatable bonds is 8. The third kappa shape index (κ3) is 5.46. The molecule has 0 heterocycles. The Hall–Kier alpha value is -1.42. The molecule has 0 radical (unpaired) electrons. The van der Waals surface area contributed by atoms with Gasteiger partial charge in [0, 0.05) is 19.2 Å². The fourth-order valence-electron chi connectivity index (χ4n) is 2.04. The van der Waals surface area contributed by atoms with E-state index in [4.69, 9.17) is 10.4 Å². The predicted octanol–water partition coefficient (Wildman–Crippen LogP) is 1.33. The molecule has 0 aliphatic heterocycles. The largest absolute Gasteiger partial charge is 0.396 e. The number of nitriles is 1. The second-order valence-corrected chi connectivity index (χ2v) is 7.38. The molecule has 0 fully saturated rings. The van der Waals surface area contributed by atoms with Gasteiger partial charge in [-0.1, -0.05) is 13.8 Å². The van der Waals surface area contributed by atoms with E-state index in [1.807, 2.05) is 19.9 Å². The van der Waals surface area contributed by atoms with E-state index in [0.29, 0.717) is 24.4 Å². The summed E-state index contributed by atoms with van der Waals surface area (Å²) in [4.78, 5) is 0.228. The van der Waals surface area contributed by atoms with Gasteiger partial charge in [0.1, 0.15) is 0 Å². The highest BCUT2D eigenvalue weighted by Crippen LogP contribution is 2.12. The minimum absolute atomic E-state index is 0.00640. The van der Waals surface area contributed by atoms with Crippen molar-refractivity contribution in [2.45, 2.75) is 31.2 Å². The molecule has 0 aliphatic carbocycles. The Labute approximate surface area is 126 Å². The van der Waals surface area contributed by atoms with Gasteiger partial charge in [-0.25, -0.2) is 8.42 Å². The Morgan fingerprint density at radius 3 is 2.38 bits per heavy atom. The molecular weight excluding hydrogens is 288 g/mol. The van der Waals surface area contributed by atoms with Gasteiger partial charge in [-0.15, -0.1) is 0 Å². The van der Waals surface area contributed by atoms with Crippen molar-refractivity contribution in [2.24, 2.45) is 5.92 Å². The van der Waals surface area contributed by atoms with Gasteiger partial charge in [-0.3, -0.25) is 0 Å². The van der Waals surface area contributed by atoms with E-state index in [1.54, 1.807) is 0 Å². The van der Waals surface area contributed by atoms with Crippen molar-refractivity contribution in [2.75, 3.05) is 18.9 Å². The molecule has 0 saturated heterocycles. The van der Waals surface area contributed by atoms with Crippen LogP contribution in [0.15, 0.2) is 29.2 Å². The maximum Gasteiger partial charge on any atom is 0.179 e. The second-order valence-electron chi connectivity index (χ2n) is 5.27. The number of aliphatic hydroxyl groups excluding tert-OH is 1. The maximum atomic E-state index is 12.2. The molecule has 1 atom stereocenters. The van der Waals surface area contributed by atoms with Gasteiger partial charge in [0.15, 0.2) is 9.84 Å². The molecule has 116 valence electrons. The van der Waals surface area contributed by atoms with E-state index in [9.17, 15) is 8.42 Å². The average molecular weight is 310 g/mol. The monoisotopic (exact) mass is 310 g/mol. The van der Waals surface area contributed by atoms with E-state index in [0.717, 1.165) is 0 Å². The summed E-state index contributed by atoms with van der Waals surface area (Å²) in [6.07, 6.45) is 0.606. The minimum atomic E-state index is -3.36. The zero-order chi connectivity index (χ0) is 15.9. The van der Waals surface area contributed by atoms with E-state index in [1.165, 1.54) is 24.3 Å². The van der Waals surface area contributed by atoms with E-state index in [2.05, 4.69) is 5.32 Å². The lowest BCUT2D eigenvalue weighted by molar-refractivity contribution is 0.246. The number of aliphatic hydroxyl groups is 1. The van der Waals surface area contributed by atoms with Crippen LogP contribution in [0.1, 0.15) is 25.8 Å². The van der Waals surface area contributed by atoms with Crippen molar-refractivity contribution < 1.29 is 13.5 Å². The Morgan fingerprint density at radius 1 is 1.29 bits per heavy atom. The van der Waals surface area contributed by atoms with Crippen LogP contribution in [-0.2, 0) is 9.84 Å². The molecule has 2 N–H and O–H groups in total. The predicted molar refractivity (Wildman–Crippen MR) is 81.5 cm³/mol. The minimum Gasteiger partial charge on any atom is -0.396 e.